The molecule has 0 saturated heterocycles. The van der Waals surface area contributed by atoms with Gasteiger partial charge in [0.15, 0.2) is 0 Å². The number of rotatable bonds is 6. The molecule has 0 heterocycles. The van der Waals surface area contributed by atoms with Gasteiger partial charge in [0.2, 0.25) is 0 Å². The molecule has 0 saturated carbocycles. The number of halogens is 4. The van der Waals surface area contributed by atoms with Gasteiger partial charge in [-0.05, 0) is 44.2 Å². The Bertz CT molecular complexity index is 533. The highest BCUT2D eigenvalue weighted by Crippen LogP contribution is 2.33. The summed E-state index contributed by atoms with van der Waals surface area (Å²) >= 11 is 3.34. The summed E-state index contributed by atoms with van der Waals surface area (Å²) in [5.74, 6) is -1.85. The Morgan fingerprint density at radius 2 is 1.71 bits per heavy atom. The Kier molecular flexibility index (Phi) is 7.32. The normalized spacial score (nSPS) is 15.0. The third-order valence-electron chi connectivity index (χ3n) is 3.45. The second-order valence-electron chi connectivity index (χ2n) is 7.12. The molecule has 136 valence electrons. The third-order valence-corrected chi connectivity index (χ3v) is 4.09. The van der Waals surface area contributed by atoms with Crippen molar-refractivity contribution < 1.29 is 22.7 Å². The van der Waals surface area contributed by atoms with Gasteiger partial charge in [-0.1, -0.05) is 47.1 Å². The molecule has 6 heteroatoms. The van der Waals surface area contributed by atoms with Crippen LogP contribution in [0.25, 0.3) is 0 Å². The van der Waals surface area contributed by atoms with E-state index in [1.165, 1.54) is 6.92 Å². The summed E-state index contributed by atoms with van der Waals surface area (Å²) in [4.78, 5) is 12.5. The monoisotopic (exact) mass is 408 g/mol. The summed E-state index contributed by atoms with van der Waals surface area (Å²) in [6.07, 6.45) is -5.05. The molecule has 0 amide bonds. The van der Waals surface area contributed by atoms with Gasteiger partial charge in [0.1, 0.15) is 5.60 Å². The molecule has 0 fully saturated rings. The molecule has 24 heavy (non-hydrogen) atoms. The highest BCUT2D eigenvalue weighted by atomic mass is 79.9. The first-order valence-electron chi connectivity index (χ1n) is 7.85. The van der Waals surface area contributed by atoms with Crippen molar-refractivity contribution in [3.05, 3.63) is 35.4 Å². The van der Waals surface area contributed by atoms with Crippen molar-refractivity contribution in [2.24, 2.45) is 5.92 Å². The molecule has 2 atom stereocenters. The van der Waals surface area contributed by atoms with Crippen LogP contribution in [0.2, 0.25) is 0 Å². The minimum atomic E-state index is -4.24. The van der Waals surface area contributed by atoms with E-state index in [4.69, 9.17) is 4.74 Å². The average molecular weight is 409 g/mol. The molecule has 1 aromatic rings. The zero-order valence-corrected chi connectivity index (χ0v) is 16.0. The summed E-state index contributed by atoms with van der Waals surface area (Å²) < 4.78 is 43.2. The van der Waals surface area contributed by atoms with Gasteiger partial charge in [-0.25, -0.2) is 0 Å². The highest BCUT2D eigenvalue weighted by Gasteiger charge is 2.34. The summed E-state index contributed by atoms with van der Waals surface area (Å²) in [5.41, 5.74) is 1.03. The molecule has 0 N–H and O–H groups in total. The Labute approximate surface area is 149 Å². The average Bonchev–Trinajstić information content (AvgIpc) is 2.41. The van der Waals surface area contributed by atoms with Crippen molar-refractivity contribution in [2.75, 3.05) is 0 Å². The van der Waals surface area contributed by atoms with Crippen LogP contribution in [0.15, 0.2) is 24.3 Å². The standard InChI is InChI=1S/C18H24BrF3O2/c1-12(10-18(20,21)22)9-15(16(23)24-17(2,3)4)14-7-5-13(11-19)6-8-14/h5-8,12,15H,9-11H2,1-4H3. The van der Waals surface area contributed by atoms with Crippen molar-refractivity contribution in [3.63, 3.8) is 0 Å². The van der Waals surface area contributed by atoms with Crippen molar-refractivity contribution in [1.82, 2.24) is 0 Å². The SMILES string of the molecule is CC(CC(C(=O)OC(C)(C)C)c1ccc(CBr)cc1)CC(F)(F)F. The first-order chi connectivity index (χ1) is 10.9. The largest absolute Gasteiger partial charge is 0.459 e. The first kappa shape index (κ1) is 21.0. The van der Waals surface area contributed by atoms with Gasteiger partial charge in [-0.2, -0.15) is 13.2 Å². The zero-order chi connectivity index (χ0) is 18.5. The van der Waals surface area contributed by atoms with Crippen LogP contribution in [0.3, 0.4) is 0 Å². The predicted octanol–water partition coefficient (Wildman–Crippen LogP) is 5.99. The molecule has 0 aliphatic carbocycles. The van der Waals surface area contributed by atoms with Crippen molar-refractivity contribution in [1.29, 1.82) is 0 Å². The maximum atomic E-state index is 12.6. The van der Waals surface area contributed by atoms with Gasteiger partial charge in [-0.3, -0.25) is 4.79 Å². The summed E-state index contributed by atoms with van der Waals surface area (Å²) in [7, 11) is 0. The van der Waals surface area contributed by atoms with E-state index in [-0.39, 0.29) is 6.42 Å². The lowest BCUT2D eigenvalue weighted by Gasteiger charge is -2.26. The number of carbonyl (C=O) groups is 1. The van der Waals surface area contributed by atoms with E-state index in [1.54, 1.807) is 32.9 Å². The minimum Gasteiger partial charge on any atom is -0.459 e. The van der Waals surface area contributed by atoms with Gasteiger partial charge < -0.3 is 4.74 Å². The molecule has 0 aromatic heterocycles. The molecule has 0 radical (unpaired) electrons. The van der Waals surface area contributed by atoms with E-state index >= 15 is 0 Å². The van der Waals surface area contributed by atoms with E-state index in [0.29, 0.717) is 10.9 Å². The van der Waals surface area contributed by atoms with Gasteiger partial charge in [0, 0.05) is 11.8 Å². The fourth-order valence-electron chi connectivity index (χ4n) is 2.46. The Hall–Kier alpha value is -1.04. The zero-order valence-electron chi connectivity index (χ0n) is 14.4. The van der Waals surface area contributed by atoms with E-state index in [9.17, 15) is 18.0 Å². The molecule has 0 bridgehead atoms. The number of esters is 1. The van der Waals surface area contributed by atoms with Crippen LogP contribution in [0, 0.1) is 5.92 Å². The molecular formula is C18H24BrF3O2. The van der Waals surface area contributed by atoms with E-state index in [2.05, 4.69) is 15.9 Å². The van der Waals surface area contributed by atoms with Crippen LogP contribution in [-0.4, -0.2) is 17.7 Å². The van der Waals surface area contributed by atoms with Gasteiger partial charge >= 0.3 is 12.1 Å². The summed E-state index contributed by atoms with van der Waals surface area (Å²) in [5, 5.41) is 0.675. The molecule has 0 spiro atoms. The Balaban J connectivity index is 2.99. The van der Waals surface area contributed by atoms with Gasteiger partial charge in [0.25, 0.3) is 0 Å². The van der Waals surface area contributed by atoms with Gasteiger partial charge in [-0.15, -0.1) is 0 Å². The van der Waals surface area contributed by atoms with Crippen LogP contribution in [0.5, 0.6) is 0 Å². The van der Waals surface area contributed by atoms with Crippen molar-refractivity contribution in [2.45, 2.75) is 63.6 Å². The van der Waals surface area contributed by atoms with Gasteiger partial charge in [0.05, 0.1) is 5.92 Å². The minimum absolute atomic E-state index is 0.0993. The number of ether oxygens (including phenoxy) is 1. The number of alkyl halides is 4. The van der Waals surface area contributed by atoms with E-state index < -0.39 is 36.0 Å². The van der Waals surface area contributed by atoms with Crippen LogP contribution < -0.4 is 0 Å². The van der Waals surface area contributed by atoms with Crippen LogP contribution in [0.1, 0.15) is 57.6 Å². The van der Waals surface area contributed by atoms with Crippen LogP contribution in [-0.2, 0) is 14.9 Å². The second-order valence-corrected chi connectivity index (χ2v) is 7.68. The summed E-state index contributed by atoms with van der Waals surface area (Å²) in [6.45, 7) is 6.75. The molecule has 0 aliphatic rings. The Morgan fingerprint density at radius 1 is 1.17 bits per heavy atom. The fraction of sp³-hybridized carbons (Fsp3) is 0.611. The Morgan fingerprint density at radius 3 is 2.12 bits per heavy atom. The van der Waals surface area contributed by atoms with Crippen LogP contribution >= 0.6 is 15.9 Å². The number of hydrogen-bond donors (Lipinski definition) is 0. The molecular weight excluding hydrogens is 385 g/mol. The number of carbonyl (C=O) groups excluding carboxylic acids is 1. The van der Waals surface area contributed by atoms with E-state index in [0.717, 1.165) is 5.56 Å². The third kappa shape index (κ3) is 7.69. The first-order valence-corrected chi connectivity index (χ1v) is 8.98. The molecule has 1 rings (SSSR count). The number of benzene rings is 1. The number of hydrogen-bond acceptors (Lipinski definition) is 2. The van der Waals surface area contributed by atoms with Crippen LogP contribution in [0.4, 0.5) is 13.2 Å². The highest BCUT2D eigenvalue weighted by molar-refractivity contribution is 9.08. The topological polar surface area (TPSA) is 26.3 Å². The summed E-state index contributed by atoms with van der Waals surface area (Å²) in [6, 6.07) is 7.28. The quantitative estimate of drug-likeness (QED) is 0.427. The smallest absolute Gasteiger partial charge is 0.389 e. The molecule has 1 aromatic carbocycles. The molecule has 2 nitrogen and oxygen atoms in total. The lowest BCUT2D eigenvalue weighted by molar-refractivity contribution is -0.159. The fourth-order valence-corrected chi connectivity index (χ4v) is 2.83. The van der Waals surface area contributed by atoms with Crippen molar-refractivity contribution >= 4 is 21.9 Å². The molecule has 0 aliphatic heterocycles. The van der Waals surface area contributed by atoms with E-state index in [1.807, 2.05) is 12.1 Å². The lowest BCUT2D eigenvalue weighted by Crippen LogP contribution is -2.29. The lowest BCUT2D eigenvalue weighted by atomic mass is 9.87. The molecule has 2 unspecified atom stereocenters. The predicted molar refractivity (Wildman–Crippen MR) is 92.1 cm³/mol. The maximum absolute atomic E-state index is 12.6. The second kappa shape index (κ2) is 8.37. The van der Waals surface area contributed by atoms with Crippen molar-refractivity contribution in [3.8, 4) is 0 Å². The maximum Gasteiger partial charge on any atom is 0.389 e.